The van der Waals surface area contributed by atoms with E-state index in [2.05, 4.69) is 31.4 Å². The molecule has 3 nitrogen and oxygen atoms in total. The van der Waals surface area contributed by atoms with E-state index in [-0.39, 0.29) is 5.41 Å². The first-order chi connectivity index (χ1) is 9.60. The Morgan fingerprint density at radius 2 is 1.80 bits per heavy atom. The summed E-state index contributed by atoms with van der Waals surface area (Å²) in [4.78, 5) is 12.4. The predicted octanol–water partition coefficient (Wildman–Crippen LogP) is 3.49. The van der Waals surface area contributed by atoms with Gasteiger partial charge in [0.25, 0.3) is 0 Å². The standard InChI is InChI=1S/C17H34N2O/c1-4-17(10-13-18-14-11-17)16(20)19-12-8-6-5-7-9-15(2)3/h15,18H,4-14H2,1-3H3,(H,19,20). The molecule has 1 fully saturated rings. The molecule has 1 aliphatic rings. The lowest BCUT2D eigenvalue weighted by molar-refractivity contribution is -0.132. The van der Waals surface area contributed by atoms with Crippen molar-refractivity contribution in [1.82, 2.24) is 10.6 Å². The Hall–Kier alpha value is -0.570. The highest BCUT2D eigenvalue weighted by Gasteiger charge is 2.37. The SMILES string of the molecule is CCC1(C(=O)NCCCCCCC(C)C)CCNCC1. The smallest absolute Gasteiger partial charge is 0.226 e. The third-order valence-electron chi connectivity index (χ3n) is 4.71. The maximum Gasteiger partial charge on any atom is 0.226 e. The lowest BCUT2D eigenvalue weighted by atomic mass is 9.76. The van der Waals surface area contributed by atoms with Crippen molar-refractivity contribution in [2.24, 2.45) is 11.3 Å². The maximum atomic E-state index is 12.4. The summed E-state index contributed by atoms with van der Waals surface area (Å²) in [5.41, 5.74) is -0.0944. The first-order valence-corrected chi connectivity index (χ1v) is 8.60. The normalized spacial score (nSPS) is 18.2. The lowest BCUT2D eigenvalue weighted by Gasteiger charge is -2.35. The van der Waals surface area contributed by atoms with Crippen molar-refractivity contribution in [3.05, 3.63) is 0 Å². The number of hydrogen-bond acceptors (Lipinski definition) is 2. The molecule has 20 heavy (non-hydrogen) atoms. The Morgan fingerprint density at radius 1 is 1.15 bits per heavy atom. The lowest BCUT2D eigenvalue weighted by Crippen LogP contribution is -2.47. The zero-order valence-electron chi connectivity index (χ0n) is 13.8. The molecule has 0 atom stereocenters. The van der Waals surface area contributed by atoms with Crippen LogP contribution in [0.4, 0.5) is 0 Å². The van der Waals surface area contributed by atoms with Gasteiger partial charge in [0.15, 0.2) is 0 Å². The van der Waals surface area contributed by atoms with E-state index >= 15 is 0 Å². The van der Waals surface area contributed by atoms with E-state index in [1.165, 1.54) is 25.7 Å². The minimum Gasteiger partial charge on any atom is -0.356 e. The first-order valence-electron chi connectivity index (χ1n) is 8.60. The van der Waals surface area contributed by atoms with Crippen LogP contribution in [-0.4, -0.2) is 25.5 Å². The number of piperidine rings is 1. The van der Waals surface area contributed by atoms with Gasteiger partial charge in [-0.25, -0.2) is 0 Å². The van der Waals surface area contributed by atoms with Crippen molar-refractivity contribution in [3.8, 4) is 0 Å². The highest BCUT2D eigenvalue weighted by atomic mass is 16.2. The fourth-order valence-electron chi connectivity index (χ4n) is 3.07. The van der Waals surface area contributed by atoms with Crippen LogP contribution in [-0.2, 0) is 4.79 Å². The molecule has 1 saturated heterocycles. The molecule has 0 aromatic carbocycles. The second-order valence-corrected chi connectivity index (χ2v) is 6.74. The minimum absolute atomic E-state index is 0.0944. The van der Waals surface area contributed by atoms with Crippen LogP contribution < -0.4 is 10.6 Å². The van der Waals surface area contributed by atoms with Crippen molar-refractivity contribution in [2.75, 3.05) is 19.6 Å². The largest absolute Gasteiger partial charge is 0.356 e. The molecule has 0 aromatic rings. The third-order valence-corrected chi connectivity index (χ3v) is 4.71. The van der Waals surface area contributed by atoms with Gasteiger partial charge in [-0.3, -0.25) is 4.79 Å². The van der Waals surface area contributed by atoms with Gasteiger partial charge in [0.05, 0.1) is 5.41 Å². The summed E-state index contributed by atoms with van der Waals surface area (Å²) in [6.45, 7) is 9.53. The summed E-state index contributed by atoms with van der Waals surface area (Å²) >= 11 is 0. The minimum atomic E-state index is -0.0944. The topological polar surface area (TPSA) is 41.1 Å². The molecule has 3 heteroatoms. The Bertz CT molecular complexity index is 270. The second kappa shape index (κ2) is 9.38. The Labute approximate surface area is 125 Å². The Morgan fingerprint density at radius 3 is 2.40 bits per heavy atom. The molecule has 1 amide bonds. The van der Waals surface area contributed by atoms with Crippen molar-refractivity contribution in [2.45, 2.75) is 72.1 Å². The number of amides is 1. The fraction of sp³-hybridized carbons (Fsp3) is 0.941. The molecule has 0 spiro atoms. The van der Waals surface area contributed by atoms with Gasteiger partial charge in [0, 0.05) is 6.54 Å². The average Bonchev–Trinajstić information content (AvgIpc) is 2.46. The van der Waals surface area contributed by atoms with Crippen LogP contribution in [0.3, 0.4) is 0 Å². The van der Waals surface area contributed by atoms with E-state index in [1.54, 1.807) is 0 Å². The van der Waals surface area contributed by atoms with Crippen LogP contribution in [0.2, 0.25) is 0 Å². The zero-order chi connectivity index (χ0) is 14.8. The summed E-state index contributed by atoms with van der Waals surface area (Å²) in [6, 6.07) is 0. The van der Waals surface area contributed by atoms with Crippen molar-refractivity contribution < 1.29 is 4.79 Å². The number of rotatable bonds is 9. The zero-order valence-corrected chi connectivity index (χ0v) is 13.8. The number of unbranched alkanes of at least 4 members (excludes halogenated alkanes) is 3. The molecule has 0 aliphatic carbocycles. The van der Waals surface area contributed by atoms with Crippen molar-refractivity contribution >= 4 is 5.91 Å². The van der Waals surface area contributed by atoms with Gasteiger partial charge >= 0.3 is 0 Å². The van der Waals surface area contributed by atoms with Crippen molar-refractivity contribution in [3.63, 3.8) is 0 Å². The van der Waals surface area contributed by atoms with Gasteiger partial charge in [-0.15, -0.1) is 0 Å². The van der Waals surface area contributed by atoms with E-state index in [0.29, 0.717) is 5.91 Å². The van der Waals surface area contributed by atoms with Gasteiger partial charge in [-0.05, 0) is 44.7 Å². The summed E-state index contributed by atoms with van der Waals surface area (Å²) < 4.78 is 0. The molecule has 1 rings (SSSR count). The molecule has 0 aromatic heterocycles. The van der Waals surface area contributed by atoms with Gasteiger partial charge in [0.2, 0.25) is 5.91 Å². The van der Waals surface area contributed by atoms with Crippen LogP contribution in [0.15, 0.2) is 0 Å². The molecule has 1 aliphatic heterocycles. The Kier molecular flexibility index (Phi) is 8.20. The van der Waals surface area contributed by atoms with Crippen LogP contribution in [0.5, 0.6) is 0 Å². The summed E-state index contributed by atoms with van der Waals surface area (Å²) in [5.74, 6) is 1.11. The van der Waals surface area contributed by atoms with Gasteiger partial charge < -0.3 is 10.6 Å². The predicted molar refractivity (Wildman–Crippen MR) is 85.8 cm³/mol. The molecule has 0 bridgehead atoms. The van der Waals surface area contributed by atoms with Crippen molar-refractivity contribution in [1.29, 1.82) is 0 Å². The molecule has 1 heterocycles. The second-order valence-electron chi connectivity index (χ2n) is 6.74. The molecule has 0 unspecified atom stereocenters. The summed E-state index contributed by atoms with van der Waals surface area (Å²) in [6.07, 6.45) is 9.28. The quantitative estimate of drug-likeness (QED) is 0.636. The highest BCUT2D eigenvalue weighted by molar-refractivity contribution is 5.82. The van der Waals surface area contributed by atoms with Gasteiger partial charge in [0.1, 0.15) is 0 Å². The molecule has 118 valence electrons. The maximum absolute atomic E-state index is 12.4. The van der Waals surface area contributed by atoms with Crippen LogP contribution in [0, 0.1) is 11.3 Å². The highest BCUT2D eigenvalue weighted by Crippen LogP contribution is 2.32. The number of hydrogen-bond donors (Lipinski definition) is 2. The molecular formula is C17H34N2O. The van der Waals surface area contributed by atoms with Gasteiger partial charge in [-0.1, -0.05) is 46.5 Å². The Balaban J connectivity index is 2.12. The third kappa shape index (κ3) is 5.82. The van der Waals surface area contributed by atoms with Gasteiger partial charge in [-0.2, -0.15) is 0 Å². The molecule has 0 saturated carbocycles. The van der Waals surface area contributed by atoms with E-state index in [0.717, 1.165) is 51.2 Å². The molecule has 0 radical (unpaired) electrons. The molecule has 2 N–H and O–H groups in total. The number of carbonyl (C=O) groups is 1. The van der Waals surface area contributed by atoms with E-state index in [9.17, 15) is 4.79 Å². The van der Waals surface area contributed by atoms with E-state index in [1.807, 2.05) is 0 Å². The summed E-state index contributed by atoms with van der Waals surface area (Å²) in [7, 11) is 0. The number of carbonyl (C=O) groups excluding carboxylic acids is 1. The average molecular weight is 282 g/mol. The van der Waals surface area contributed by atoms with Crippen LogP contribution in [0.1, 0.15) is 72.1 Å². The monoisotopic (exact) mass is 282 g/mol. The number of nitrogens with one attached hydrogen (secondary N) is 2. The van der Waals surface area contributed by atoms with E-state index < -0.39 is 0 Å². The molecular weight excluding hydrogens is 248 g/mol. The van der Waals surface area contributed by atoms with Crippen LogP contribution >= 0.6 is 0 Å². The van der Waals surface area contributed by atoms with Crippen LogP contribution in [0.25, 0.3) is 0 Å². The summed E-state index contributed by atoms with van der Waals surface area (Å²) in [5, 5.41) is 6.53. The first kappa shape index (κ1) is 17.5. The fourth-order valence-corrected chi connectivity index (χ4v) is 3.07. The van der Waals surface area contributed by atoms with E-state index in [4.69, 9.17) is 0 Å².